The van der Waals surface area contributed by atoms with E-state index in [0.717, 1.165) is 5.56 Å². The van der Waals surface area contributed by atoms with Gasteiger partial charge in [-0.05, 0) is 12.8 Å². The van der Waals surface area contributed by atoms with Gasteiger partial charge in [-0.15, -0.1) is 0 Å². The summed E-state index contributed by atoms with van der Waals surface area (Å²) in [6.07, 6.45) is 1.34. The van der Waals surface area contributed by atoms with Crippen LogP contribution < -0.4 is 4.74 Å². The Morgan fingerprint density at radius 2 is 2.00 bits per heavy atom. The maximum atomic E-state index is 6.02. The molecule has 0 saturated heterocycles. The predicted molar refractivity (Wildman–Crippen MR) is 63.1 cm³/mol. The Hall–Kier alpha value is -0.870. The number of aromatic nitrogens is 2. The average molecular weight is 245 g/mol. The van der Waals surface area contributed by atoms with Crippen LogP contribution in [0.15, 0.2) is 6.33 Å². The Bertz CT molecular complexity index is 345. The van der Waals surface area contributed by atoms with Crippen LogP contribution in [0.3, 0.4) is 0 Å². The highest BCUT2D eigenvalue weighted by molar-refractivity contribution is 6.30. The van der Waals surface area contributed by atoms with Crippen molar-refractivity contribution in [3.8, 4) is 5.88 Å². The second kappa shape index (κ2) is 6.01. The van der Waals surface area contributed by atoms with Crippen LogP contribution in [0.2, 0.25) is 5.15 Å². The highest BCUT2D eigenvalue weighted by atomic mass is 35.5. The molecule has 1 rings (SSSR count). The number of ether oxygens (including phenoxy) is 2. The van der Waals surface area contributed by atoms with Crippen molar-refractivity contribution < 1.29 is 9.47 Å². The lowest BCUT2D eigenvalue weighted by molar-refractivity contribution is 0.0879. The van der Waals surface area contributed by atoms with Crippen LogP contribution in [0, 0.1) is 0 Å². The molecule has 1 atom stereocenters. The molecule has 0 aliphatic rings. The minimum absolute atomic E-state index is 0.0616. The molecule has 1 unspecified atom stereocenters. The number of hydrogen-bond acceptors (Lipinski definition) is 4. The molecule has 0 saturated carbocycles. The van der Waals surface area contributed by atoms with Crippen molar-refractivity contribution in [2.24, 2.45) is 0 Å². The first-order chi connectivity index (χ1) is 7.56. The van der Waals surface area contributed by atoms with Crippen molar-refractivity contribution in [1.29, 1.82) is 0 Å². The van der Waals surface area contributed by atoms with E-state index >= 15 is 0 Å². The molecular formula is C11H17ClN2O2. The highest BCUT2D eigenvalue weighted by Gasteiger charge is 2.16. The summed E-state index contributed by atoms with van der Waals surface area (Å²) in [5, 5.41) is 0.449. The van der Waals surface area contributed by atoms with Gasteiger partial charge in [-0.25, -0.2) is 9.97 Å². The van der Waals surface area contributed by atoms with Crippen LogP contribution in [0.5, 0.6) is 5.88 Å². The minimum atomic E-state index is -0.0616. The van der Waals surface area contributed by atoms with Crippen LogP contribution in [0.4, 0.5) is 0 Å². The van der Waals surface area contributed by atoms with Crippen molar-refractivity contribution in [2.45, 2.75) is 32.8 Å². The van der Waals surface area contributed by atoms with Gasteiger partial charge in [0.1, 0.15) is 17.6 Å². The van der Waals surface area contributed by atoms with E-state index < -0.39 is 0 Å². The average Bonchev–Trinajstić information content (AvgIpc) is 2.17. The van der Waals surface area contributed by atoms with Crippen molar-refractivity contribution >= 4 is 11.6 Å². The Kier molecular flexibility index (Phi) is 4.96. The van der Waals surface area contributed by atoms with Gasteiger partial charge in [-0.1, -0.05) is 25.4 Å². The molecule has 0 N–H and O–H groups in total. The van der Waals surface area contributed by atoms with E-state index in [0.29, 0.717) is 17.6 Å². The molecule has 1 aromatic rings. The lowest BCUT2D eigenvalue weighted by Gasteiger charge is -2.17. The molecule has 0 spiro atoms. The zero-order valence-electron chi connectivity index (χ0n) is 10.0. The van der Waals surface area contributed by atoms with Gasteiger partial charge < -0.3 is 9.47 Å². The maximum absolute atomic E-state index is 6.02. The summed E-state index contributed by atoms with van der Waals surface area (Å²) in [5.74, 6) is 0.762. The molecule has 1 aromatic heterocycles. The molecule has 0 radical (unpaired) electrons. The first kappa shape index (κ1) is 13.2. The van der Waals surface area contributed by atoms with E-state index in [2.05, 4.69) is 9.97 Å². The molecule has 5 heteroatoms. The largest absolute Gasteiger partial charge is 0.472 e. The fraction of sp³-hybridized carbons (Fsp3) is 0.636. The fourth-order valence-electron chi connectivity index (χ4n) is 1.40. The van der Waals surface area contributed by atoms with Crippen LogP contribution in [-0.2, 0) is 4.74 Å². The first-order valence-electron chi connectivity index (χ1n) is 5.22. The summed E-state index contributed by atoms with van der Waals surface area (Å²) in [6.45, 7) is 6.49. The molecule has 16 heavy (non-hydrogen) atoms. The molecule has 1 heterocycles. The molecule has 90 valence electrons. The van der Waals surface area contributed by atoms with Crippen LogP contribution in [0.25, 0.3) is 0 Å². The van der Waals surface area contributed by atoms with Gasteiger partial charge in [-0.3, -0.25) is 0 Å². The Morgan fingerprint density at radius 1 is 1.31 bits per heavy atom. The standard InChI is InChI=1S/C11H17ClN2O2/c1-7(2)9-10(12)13-6-14-11(9)16-8(3)5-15-4/h6-8H,5H2,1-4H3. The van der Waals surface area contributed by atoms with Gasteiger partial charge in [0.25, 0.3) is 0 Å². The molecule has 0 aliphatic carbocycles. The predicted octanol–water partition coefficient (Wildman–Crippen LogP) is 2.67. The molecule has 4 nitrogen and oxygen atoms in total. The second-order valence-corrected chi connectivity index (χ2v) is 4.28. The van der Waals surface area contributed by atoms with Gasteiger partial charge in [0.05, 0.1) is 12.2 Å². The Morgan fingerprint density at radius 3 is 2.56 bits per heavy atom. The minimum Gasteiger partial charge on any atom is -0.472 e. The Labute approximate surface area is 101 Å². The summed E-state index contributed by atoms with van der Waals surface area (Å²) < 4.78 is 10.7. The zero-order chi connectivity index (χ0) is 12.1. The zero-order valence-corrected chi connectivity index (χ0v) is 10.8. The van der Waals surface area contributed by atoms with Crippen LogP contribution >= 0.6 is 11.6 Å². The van der Waals surface area contributed by atoms with E-state index in [4.69, 9.17) is 21.1 Å². The van der Waals surface area contributed by atoms with Gasteiger partial charge in [-0.2, -0.15) is 0 Å². The number of nitrogens with zero attached hydrogens (tertiary/aromatic N) is 2. The van der Waals surface area contributed by atoms with Crippen molar-refractivity contribution in [1.82, 2.24) is 9.97 Å². The molecule has 0 aliphatic heterocycles. The van der Waals surface area contributed by atoms with Gasteiger partial charge in [0, 0.05) is 7.11 Å². The number of methoxy groups -OCH3 is 1. The third kappa shape index (κ3) is 3.32. The van der Waals surface area contributed by atoms with Crippen molar-refractivity contribution in [2.75, 3.05) is 13.7 Å². The van der Waals surface area contributed by atoms with Crippen LogP contribution in [-0.4, -0.2) is 29.8 Å². The fourth-order valence-corrected chi connectivity index (χ4v) is 1.74. The second-order valence-electron chi connectivity index (χ2n) is 3.92. The number of hydrogen-bond donors (Lipinski definition) is 0. The highest BCUT2D eigenvalue weighted by Crippen LogP contribution is 2.29. The van der Waals surface area contributed by atoms with E-state index in [1.54, 1.807) is 7.11 Å². The van der Waals surface area contributed by atoms with E-state index in [-0.39, 0.29) is 12.0 Å². The smallest absolute Gasteiger partial charge is 0.221 e. The lowest BCUT2D eigenvalue weighted by atomic mass is 10.1. The van der Waals surface area contributed by atoms with Crippen LogP contribution in [0.1, 0.15) is 32.3 Å². The van der Waals surface area contributed by atoms with Gasteiger partial charge >= 0.3 is 0 Å². The third-order valence-electron chi connectivity index (χ3n) is 2.09. The summed E-state index contributed by atoms with van der Waals surface area (Å²) in [4.78, 5) is 8.07. The van der Waals surface area contributed by atoms with Crippen molar-refractivity contribution in [3.63, 3.8) is 0 Å². The van der Waals surface area contributed by atoms with Gasteiger partial charge in [0.2, 0.25) is 5.88 Å². The topological polar surface area (TPSA) is 44.2 Å². The lowest BCUT2D eigenvalue weighted by Crippen LogP contribution is -2.19. The number of rotatable bonds is 5. The number of halogens is 1. The molecule has 0 aromatic carbocycles. The Balaban J connectivity index is 2.90. The monoisotopic (exact) mass is 244 g/mol. The summed E-state index contributed by atoms with van der Waals surface area (Å²) in [7, 11) is 1.64. The van der Waals surface area contributed by atoms with E-state index in [9.17, 15) is 0 Å². The molecule has 0 bridgehead atoms. The van der Waals surface area contributed by atoms with Crippen molar-refractivity contribution in [3.05, 3.63) is 17.0 Å². The van der Waals surface area contributed by atoms with E-state index in [1.807, 2.05) is 20.8 Å². The summed E-state index contributed by atoms with van der Waals surface area (Å²) in [6, 6.07) is 0. The molecular weight excluding hydrogens is 228 g/mol. The molecule has 0 fully saturated rings. The normalized spacial score (nSPS) is 12.9. The quantitative estimate of drug-likeness (QED) is 0.747. The summed E-state index contributed by atoms with van der Waals surface area (Å²) >= 11 is 6.02. The molecule has 0 amide bonds. The van der Waals surface area contributed by atoms with Gasteiger partial charge in [0.15, 0.2) is 0 Å². The van der Waals surface area contributed by atoms with E-state index in [1.165, 1.54) is 6.33 Å². The third-order valence-corrected chi connectivity index (χ3v) is 2.39. The maximum Gasteiger partial charge on any atom is 0.221 e. The summed E-state index contributed by atoms with van der Waals surface area (Å²) in [5.41, 5.74) is 0.840. The first-order valence-corrected chi connectivity index (χ1v) is 5.60. The SMILES string of the molecule is COCC(C)Oc1ncnc(Cl)c1C(C)C.